The van der Waals surface area contributed by atoms with Crippen molar-refractivity contribution >= 4 is 22.9 Å². The van der Waals surface area contributed by atoms with Gasteiger partial charge in [0.1, 0.15) is 4.99 Å². The van der Waals surface area contributed by atoms with Gasteiger partial charge < -0.3 is 10.6 Å². The Morgan fingerprint density at radius 3 is 2.53 bits per heavy atom. The minimum atomic E-state index is 0.342. The summed E-state index contributed by atoms with van der Waals surface area (Å²) in [6.45, 7) is 7.41. The molecule has 2 N–H and O–H groups in total. The van der Waals surface area contributed by atoms with Crippen LogP contribution in [0.5, 0.6) is 0 Å². The van der Waals surface area contributed by atoms with Gasteiger partial charge in [0, 0.05) is 12.6 Å². The Morgan fingerprint density at radius 2 is 2.20 bits per heavy atom. The van der Waals surface area contributed by atoms with E-state index < -0.39 is 0 Å². The van der Waals surface area contributed by atoms with Crippen molar-refractivity contribution in [1.29, 1.82) is 0 Å². The number of hydrogen-bond donors (Lipinski definition) is 1. The molecule has 1 heterocycles. The summed E-state index contributed by atoms with van der Waals surface area (Å²) >= 11 is 4.85. The maximum Gasteiger partial charge on any atom is 0.122 e. The summed E-state index contributed by atoms with van der Waals surface area (Å²) in [7, 11) is 0. The molecule has 0 saturated heterocycles. The lowest BCUT2D eigenvalue weighted by atomic mass is 10.2. The van der Waals surface area contributed by atoms with Crippen LogP contribution < -0.4 is 10.6 Å². The second-order valence-electron chi connectivity index (χ2n) is 3.65. The van der Waals surface area contributed by atoms with Crippen LogP contribution in [-0.2, 0) is 0 Å². The van der Waals surface area contributed by atoms with Gasteiger partial charge >= 0.3 is 0 Å². The third-order valence-electron chi connectivity index (χ3n) is 2.30. The summed E-state index contributed by atoms with van der Waals surface area (Å²) < 4.78 is 0. The van der Waals surface area contributed by atoms with Gasteiger partial charge in [0.15, 0.2) is 0 Å². The highest BCUT2D eigenvalue weighted by molar-refractivity contribution is 7.80. The Balaban J connectivity index is 2.92. The van der Waals surface area contributed by atoms with Gasteiger partial charge in [-0.05, 0) is 32.9 Å². The molecule has 0 aliphatic rings. The van der Waals surface area contributed by atoms with Gasteiger partial charge in [-0.1, -0.05) is 12.2 Å². The van der Waals surface area contributed by atoms with Gasteiger partial charge in [-0.2, -0.15) is 0 Å². The molecule has 0 unspecified atom stereocenters. The van der Waals surface area contributed by atoms with Crippen LogP contribution in [-0.4, -0.2) is 22.6 Å². The van der Waals surface area contributed by atoms with Crippen LogP contribution in [0.2, 0.25) is 0 Å². The fraction of sp³-hybridized carbons (Fsp3) is 0.455. The molecule has 0 aliphatic heterocycles. The number of anilines is 1. The van der Waals surface area contributed by atoms with Crippen LogP contribution in [0.1, 0.15) is 26.5 Å². The fourth-order valence-electron chi connectivity index (χ4n) is 1.55. The second kappa shape index (κ2) is 5.07. The molecule has 0 aliphatic carbocycles. The topological polar surface area (TPSA) is 42.1 Å². The SMILES string of the molecule is CCN(c1ccc(C(N)=S)nc1)C(C)C. The number of nitrogens with zero attached hydrogens (tertiary/aromatic N) is 2. The first-order valence-corrected chi connectivity index (χ1v) is 5.49. The summed E-state index contributed by atoms with van der Waals surface area (Å²) in [6.07, 6.45) is 1.82. The number of aromatic nitrogens is 1. The highest BCUT2D eigenvalue weighted by Gasteiger charge is 2.08. The van der Waals surface area contributed by atoms with Crippen molar-refractivity contribution in [1.82, 2.24) is 4.98 Å². The zero-order chi connectivity index (χ0) is 11.4. The first-order chi connectivity index (χ1) is 7.06. The van der Waals surface area contributed by atoms with Crippen LogP contribution in [0.25, 0.3) is 0 Å². The van der Waals surface area contributed by atoms with E-state index in [1.807, 2.05) is 18.3 Å². The minimum absolute atomic E-state index is 0.342. The zero-order valence-electron chi connectivity index (χ0n) is 9.40. The van der Waals surface area contributed by atoms with Crippen LogP contribution in [0.4, 0.5) is 5.69 Å². The van der Waals surface area contributed by atoms with Crippen molar-refractivity contribution in [2.75, 3.05) is 11.4 Å². The van der Waals surface area contributed by atoms with Crippen molar-refractivity contribution < 1.29 is 0 Å². The van der Waals surface area contributed by atoms with Crippen molar-refractivity contribution in [3.63, 3.8) is 0 Å². The average Bonchev–Trinajstić information content (AvgIpc) is 2.19. The first kappa shape index (κ1) is 11.9. The van der Waals surface area contributed by atoms with Gasteiger partial charge in [0.2, 0.25) is 0 Å². The molecule has 0 amide bonds. The second-order valence-corrected chi connectivity index (χ2v) is 4.09. The van der Waals surface area contributed by atoms with Gasteiger partial charge in [-0.15, -0.1) is 0 Å². The molecular formula is C11H17N3S. The van der Waals surface area contributed by atoms with E-state index in [0.717, 1.165) is 12.2 Å². The predicted molar refractivity (Wildman–Crippen MR) is 68.3 cm³/mol. The summed E-state index contributed by atoms with van der Waals surface area (Å²) in [6, 6.07) is 4.33. The van der Waals surface area contributed by atoms with E-state index in [0.29, 0.717) is 16.7 Å². The molecule has 0 atom stereocenters. The Labute approximate surface area is 96.3 Å². The lowest BCUT2D eigenvalue weighted by molar-refractivity contribution is 0.702. The van der Waals surface area contributed by atoms with Crippen LogP contribution in [0.3, 0.4) is 0 Å². The third-order valence-corrected chi connectivity index (χ3v) is 2.51. The van der Waals surface area contributed by atoms with Crippen molar-refractivity contribution in [3.05, 3.63) is 24.0 Å². The predicted octanol–water partition coefficient (Wildman–Crippen LogP) is 1.95. The number of rotatable bonds is 4. The molecule has 15 heavy (non-hydrogen) atoms. The molecule has 0 spiro atoms. The monoisotopic (exact) mass is 223 g/mol. The molecule has 4 heteroatoms. The van der Waals surface area contributed by atoms with Gasteiger partial charge in [0.25, 0.3) is 0 Å². The molecule has 0 aromatic carbocycles. The zero-order valence-corrected chi connectivity index (χ0v) is 10.2. The Kier molecular flexibility index (Phi) is 4.03. The van der Waals surface area contributed by atoms with Crippen molar-refractivity contribution in [2.45, 2.75) is 26.8 Å². The average molecular weight is 223 g/mol. The number of thiocarbonyl (C=S) groups is 1. The summed E-state index contributed by atoms with van der Waals surface area (Å²) in [5.41, 5.74) is 7.27. The van der Waals surface area contributed by atoms with Crippen molar-refractivity contribution in [3.8, 4) is 0 Å². The normalized spacial score (nSPS) is 10.4. The quantitative estimate of drug-likeness (QED) is 0.792. The van der Waals surface area contributed by atoms with E-state index in [9.17, 15) is 0 Å². The molecule has 82 valence electrons. The summed E-state index contributed by atoms with van der Waals surface area (Å²) in [4.78, 5) is 6.82. The fourth-order valence-corrected chi connectivity index (χ4v) is 1.67. The molecule has 1 aromatic rings. The van der Waals surface area contributed by atoms with Crippen LogP contribution >= 0.6 is 12.2 Å². The lowest BCUT2D eigenvalue weighted by Crippen LogP contribution is -2.30. The number of pyridine rings is 1. The van der Waals surface area contributed by atoms with Crippen LogP contribution in [0.15, 0.2) is 18.3 Å². The van der Waals surface area contributed by atoms with Gasteiger partial charge in [-0.25, -0.2) is 0 Å². The van der Waals surface area contributed by atoms with E-state index >= 15 is 0 Å². The van der Waals surface area contributed by atoms with E-state index in [4.69, 9.17) is 18.0 Å². The largest absolute Gasteiger partial charge is 0.388 e. The maximum atomic E-state index is 5.49. The molecule has 1 aromatic heterocycles. The molecular weight excluding hydrogens is 206 g/mol. The molecule has 3 nitrogen and oxygen atoms in total. The first-order valence-electron chi connectivity index (χ1n) is 5.08. The number of nitrogens with two attached hydrogens (primary N) is 1. The smallest absolute Gasteiger partial charge is 0.122 e. The molecule has 0 bridgehead atoms. The van der Waals surface area contributed by atoms with Gasteiger partial charge in [-0.3, -0.25) is 4.98 Å². The van der Waals surface area contributed by atoms with Crippen LogP contribution in [0, 0.1) is 0 Å². The highest BCUT2D eigenvalue weighted by Crippen LogP contribution is 2.15. The number of hydrogen-bond acceptors (Lipinski definition) is 3. The van der Waals surface area contributed by atoms with E-state index in [-0.39, 0.29) is 0 Å². The molecule has 0 saturated carbocycles. The molecule has 1 rings (SSSR count). The standard InChI is InChI=1S/C11H17N3S/c1-4-14(8(2)3)9-5-6-10(11(12)15)13-7-9/h5-8H,4H2,1-3H3,(H2,12,15). The van der Waals surface area contributed by atoms with E-state index in [2.05, 4.69) is 30.7 Å². The minimum Gasteiger partial charge on any atom is -0.388 e. The van der Waals surface area contributed by atoms with Crippen molar-refractivity contribution in [2.24, 2.45) is 5.73 Å². The molecule has 0 fully saturated rings. The third kappa shape index (κ3) is 2.89. The molecule has 0 radical (unpaired) electrons. The Hall–Kier alpha value is -1.16. The van der Waals surface area contributed by atoms with E-state index in [1.54, 1.807) is 0 Å². The summed E-state index contributed by atoms with van der Waals surface area (Å²) in [5, 5.41) is 0. The Morgan fingerprint density at radius 1 is 1.53 bits per heavy atom. The van der Waals surface area contributed by atoms with Gasteiger partial charge in [0.05, 0.1) is 17.6 Å². The van der Waals surface area contributed by atoms with E-state index in [1.165, 1.54) is 0 Å². The maximum absolute atomic E-state index is 5.49. The Bertz CT molecular complexity index is 332. The lowest BCUT2D eigenvalue weighted by Gasteiger charge is -2.27. The summed E-state index contributed by atoms with van der Waals surface area (Å²) in [5.74, 6) is 0. The highest BCUT2D eigenvalue weighted by atomic mass is 32.1.